The molecule has 3 N–H and O–H groups in total. The van der Waals surface area contributed by atoms with Crippen molar-refractivity contribution < 1.29 is 22.5 Å². The van der Waals surface area contributed by atoms with Gasteiger partial charge < -0.3 is 15.2 Å². The number of rotatable bonds is 6. The van der Waals surface area contributed by atoms with E-state index >= 15 is 0 Å². The second-order valence-electron chi connectivity index (χ2n) is 6.42. The number of sulfonamides is 1. The van der Waals surface area contributed by atoms with E-state index in [1.54, 1.807) is 13.8 Å². The largest absolute Gasteiger partial charge is 0.337 e. The molecule has 11 heteroatoms. The molecule has 0 bridgehead atoms. The zero-order valence-electron chi connectivity index (χ0n) is 16.4. The number of aryl methyl sites for hydroxylation is 1. The monoisotopic (exact) mass is 429 g/mol. The second-order valence-corrected chi connectivity index (χ2v) is 8.10. The van der Waals surface area contributed by atoms with Gasteiger partial charge in [0, 0.05) is 29.9 Å². The summed E-state index contributed by atoms with van der Waals surface area (Å²) in [6.45, 7) is 4.73. The fraction of sp³-hybridized carbons (Fsp3) is 0.158. The lowest BCUT2D eigenvalue weighted by Gasteiger charge is -2.09. The molecule has 0 atom stereocenters. The van der Waals surface area contributed by atoms with E-state index in [0.717, 1.165) is 0 Å². The fourth-order valence-corrected chi connectivity index (χ4v) is 3.48. The average Bonchev–Trinajstić information content (AvgIpc) is 3.00. The first kappa shape index (κ1) is 21.0. The van der Waals surface area contributed by atoms with E-state index in [9.17, 15) is 18.0 Å². The van der Waals surface area contributed by atoms with Crippen LogP contribution in [0.15, 0.2) is 52.0 Å². The number of amides is 2. The topological polar surface area (TPSA) is 143 Å². The molecule has 2 heterocycles. The summed E-state index contributed by atoms with van der Waals surface area (Å²) in [5.41, 5.74) is 1.86. The number of carbonyl (C=O) groups excluding carboxylic acids is 2. The van der Waals surface area contributed by atoms with Gasteiger partial charge in [0.05, 0.1) is 10.6 Å². The minimum Gasteiger partial charge on any atom is -0.337 e. The predicted molar refractivity (Wildman–Crippen MR) is 110 cm³/mol. The summed E-state index contributed by atoms with van der Waals surface area (Å²) in [7, 11) is -3.88. The first-order chi connectivity index (χ1) is 14.2. The van der Waals surface area contributed by atoms with Gasteiger partial charge in [-0.05, 0) is 50.2 Å². The lowest BCUT2D eigenvalue weighted by molar-refractivity contribution is -0.114. The molecular weight excluding hydrogens is 410 g/mol. The van der Waals surface area contributed by atoms with Crippen molar-refractivity contribution in [2.24, 2.45) is 0 Å². The third kappa shape index (κ3) is 4.81. The molecule has 0 saturated carbocycles. The van der Waals surface area contributed by atoms with Crippen LogP contribution in [0, 0.1) is 13.8 Å². The summed E-state index contributed by atoms with van der Waals surface area (Å²) in [4.78, 5) is 27.5. The van der Waals surface area contributed by atoms with Crippen LogP contribution in [0.4, 0.5) is 17.4 Å². The minimum atomic E-state index is -3.88. The number of nitrogens with one attached hydrogen (secondary N) is 3. The van der Waals surface area contributed by atoms with Gasteiger partial charge in [-0.3, -0.25) is 9.59 Å². The van der Waals surface area contributed by atoms with Crippen LogP contribution in [0.1, 0.15) is 28.5 Å². The van der Waals surface area contributed by atoms with Crippen molar-refractivity contribution in [3.63, 3.8) is 0 Å². The highest BCUT2D eigenvalue weighted by Gasteiger charge is 2.19. The van der Waals surface area contributed by atoms with Crippen LogP contribution in [0.2, 0.25) is 0 Å². The van der Waals surface area contributed by atoms with Gasteiger partial charge in [-0.1, -0.05) is 5.16 Å². The Morgan fingerprint density at radius 1 is 1.03 bits per heavy atom. The van der Waals surface area contributed by atoms with Gasteiger partial charge in [-0.2, -0.15) is 0 Å². The van der Waals surface area contributed by atoms with Gasteiger partial charge in [-0.25, -0.2) is 18.1 Å². The van der Waals surface area contributed by atoms with Crippen molar-refractivity contribution in [3.05, 3.63) is 59.4 Å². The lowest BCUT2D eigenvalue weighted by atomic mass is 10.2. The number of aromatic nitrogens is 2. The van der Waals surface area contributed by atoms with Crippen molar-refractivity contribution in [1.82, 2.24) is 10.1 Å². The van der Waals surface area contributed by atoms with Crippen LogP contribution in [0.3, 0.4) is 0 Å². The van der Waals surface area contributed by atoms with Crippen molar-refractivity contribution in [3.8, 4) is 0 Å². The molecule has 3 rings (SSSR count). The Labute approximate surface area is 172 Å². The Morgan fingerprint density at radius 2 is 1.73 bits per heavy atom. The van der Waals surface area contributed by atoms with Crippen molar-refractivity contribution in [1.29, 1.82) is 0 Å². The maximum atomic E-state index is 12.5. The summed E-state index contributed by atoms with van der Waals surface area (Å²) >= 11 is 0. The number of carbonyl (C=O) groups is 2. The third-order valence-electron chi connectivity index (χ3n) is 4.13. The normalized spacial score (nSPS) is 11.0. The van der Waals surface area contributed by atoms with E-state index in [4.69, 9.17) is 4.52 Å². The highest BCUT2D eigenvalue weighted by molar-refractivity contribution is 7.92. The molecule has 156 valence electrons. The Hall–Kier alpha value is -3.73. The Balaban J connectivity index is 1.72. The molecule has 2 amide bonds. The molecule has 10 nitrogen and oxygen atoms in total. The molecule has 0 unspecified atom stereocenters. The SMILES string of the molecule is CC(=O)Nc1cc(C(=O)Nc2ccc(S(=O)(=O)Nc3onc(C)c3C)cc2)ccn1. The highest BCUT2D eigenvalue weighted by atomic mass is 32.2. The highest BCUT2D eigenvalue weighted by Crippen LogP contribution is 2.22. The molecule has 2 aromatic heterocycles. The van der Waals surface area contributed by atoms with Crippen LogP contribution in [0.5, 0.6) is 0 Å². The zero-order chi connectivity index (χ0) is 21.9. The molecular formula is C19H19N5O5S. The number of anilines is 3. The molecule has 0 radical (unpaired) electrons. The van der Waals surface area contributed by atoms with E-state index in [0.29, 0.717) is 16.9 Å². The summed E-state index contributed by atoms with van der Waals surface area (Å²) in [5, 5.41) is 8.87. The van der Waals surface area contributed by atoms with Crippen molar-refractivity contribution in [2.75, 3.05) is 15.4 Å². The number of hydrogen-bond donors (Lipinski definition) is 3. The minimum absolute atomic E-state index is 0.00851. The second kappa shape index (κ2) is 8.33. The Morgan fingerprint density at radius 3 is 2.33 bits per heavy atom. The predicted octanol–water partition coefficient (Wildman–Crippen LogP) is 2.70. The standard InChI is InChI=1S/C19H19N5O5S/c1-11-12(2)23-29-19(11)24-30(27,28)16-6-4-15(5-7-16)22-18(26)14-8-9-20-17(10-14)21-13(3)25/h4-10,24H,1-3H3,(H,22,26)(H,20,21,25). The number of benzene rings is 1. The van der Waals surface area contributed by atoms with E-state index in [2.05, 4.69) is 25.5 Å². The number of pyridine rings is 1. The Kier molecular flexibility index (Phi) is 5.83. The quantitative estimate of drug-likeness (QED) is 0.546. The molecule has 0 aliphatic heterocycles. The zero-order valence-corrected chi connectivity index (χ0v) is 17.2. The van der Waals surface area contributed by atoms with Gasteiger partial charge in [0.1, 0.15) is 5.82 Å². The maximum absolute atomic E-state index is 12.5. The molecule has 1 aromatic carbocycles. The van der Waals surface area contributed by atoms with Crippen LogP contribution >= 0.6 is 0 Å². The molecule has 0 aliphatic rings. The lowest BCUT2D eigenvalue weighted by Crippen LogP contribution is -2.15. The first-order valence-corrected chi connectivity index (χ1v) is 10.2. The average molecular weight is 429 g/mol. The Bertz CT molecular complexity index is 1200. The molecule has 0 fully saturated rings. The van der Waals surface area contributed by atoms with Gasteiger partial charge in [0.25, 0.3) is 15.9 Å². The molecule has 0 saturated heterocycles. The smallest absolute Gasteiger partial charge is 0.264 e. The van der Waals surface area contributed by atoms with Gasteiger partial charge in [-0.15, -0.1) is 0 Å². The summed E-state index contributed by atoms with van der Waals surface area (Å²) < 4.78 is 32.4. The molecule has 30 heavy (non-hydrogen) atoms. The van der Waals surface area contributed by atoms with Crippen LogP contribution in [0.25, 0.3) is 0 Å². The maximum Gasteiger partial charge on any atom is 0.264 e. The van der Waals surface area contributed by atoms with Gasteiger partial charge in [0.15, 0.2) is 0 Å². The fourth-order valence-electron chi connectivity index (χ4n) is 2.43. The van der Waals surface area contributed by atoms with E-state index in [-0.39, 0.29) is 28.1 Å². The van der Waals surface area contributed by atoms with Crippen LogP contribution < -0.4 is 15.4 Å². The molecule has 0 spiro atoms. The van der Waals surface area contributed by atoms with Gasteiger partial charge in [0.2, 0.25) is 11.8 Å². The first-order valence-electron chi connectivity index (χ1n) is 8.76. The van der Waals surface area contributed by atoms with Crippen molar-refractivity contribution in [2.45, 2.75) is 25.7 Å². The summed E-state index contributed by atoms with van der Waals surface area (Å²) in [5.74, 6) is -0.440. The van der Waals surface area contributed by atoms with E-state index in [1.807, 2.05) is 0 Å². The van der Waals surface area contributed by atoms with E-state index < -0.39 is 15.9 Å². The molecule has 3 aromatic rings. The summed E-state index contributed by atoms with van der Waals surface area (Å²) in [6.07, 6.45) is 1.40. The van der Waals surface area contributed by atoms with Crippen molar-refractivity contribution >= 4 is 39.2 Å². The summed E-state index contributed by atoms with van der Waals surface area (Å²) in [6, 6.07) is 8.55. The van der Waals surface area contributed by atoms with Crippen LogP contribution in [-0.4, -0.2) is 30.4 Å². The van der Waals surface area contributed by atoms with Crippen LogP contribution in [-0.2, 0) is 14.8 Å². The van der Waals surface area contributed by atoms with E-state index in [1.165, 1.54) is 49.5 Å². The molecule has 0 aliphatic carbocycles. The third-order valence-corrected chi connectivity index (χ3v) is 5.48. The van der Waals surface area contributed by atoms with Gasteiger partial charge >= 0.3 is 0 Å². The number of hydrogen-bond acceptors (Lipinski definition) is 7. The number of nitrogens with zero attached hydrogens (tertiary/aromatic N) is 2.